The van der Waals surface area contributed by atoms with Crippen LogP contribution < -0.4 is 5.32 Å². The minimum absolute atomic E-state index is 0.0906. The van der Waals surface area contributed by atoms with Gasteiger partial charge in [0.25, 0.3) is 11.6 Å². The molecule has 1 saturated carbocycles. The van der Waals surface area contributed by atoms with Crippen LogP contribution in [0.3, 0.4) is 0 Å². The molecule has 1 fully saturated rings. The van der Waals surface area contributed by atoms with Gasteiger partial charge in [-0.25, -0.2) is 0 Å². The molecule has 2 rings (SSSR count). The summed E-state index contributed by atoms with van der Waals surface area (Å²) in [5, 5.41) is 13.8. The second kappa shape index (κ2) is 5.69. The van der Waals surface area contributed by atoms with Crippen molar-refractivity contribution in [2.75, 3.05) is 0 Å². The number of amides is 1. The molecule has 1 aliphatic rings. The highest BCUT2D eigenvalue weighted by Crippen LogP contribution is 2.29. The number of hydrogen-bond donors (Lipinski definition) is 1. The number of rotatable bonds is 3. The van der Waals surface area contributed by atoms with Gasteiger partial charge in [-0.1, -0.05) is 19.4 Å². The van der Waals surface area contributed by atoms with Crippen molar-refractivity contribution in [3.63, 3.8) is 0 Å². The van der Waals surface area contributed by atoms with Crippen LogP contribution in [0.2, 0.25) is 0 Å². The summed E-state index contributed by atoms with van der Waals surface area (Å²) in [5.41, 5.74) is 0.223. The molecule has 5 nitrogen and oxygen atoms in total. The molecule has 2 atom stereocenters. The molecule has 2 unspecified atom stereocenters. The molecule has 0 heterocycles. The van der Waals surface area contributed by atoms with Gasteiger partial charge in [-0.2, -0.15) is 0 Å². The first-order valence-corrected chi connectivity index (χ1v) is 7.03. The highest BCUT2D eigenvalue weighted by atomic mass is 79.9. The lowest BCUT2D eigenvalue weighted by atomic mass is 10.1. The smallest absolute Gasteiger partial charge is 0.284 e. The fourth-order valence-corrected chi connectivity index (χ4v) is 3.03. The molecule has 1 aromatic rings. The molecule has 0 bridgehead atoms. The molecule has 0 spiro atoms. The van der Waals surface area contributed by atoms with Crippen LogP contribution in [0.15, 0.2) is 22.7 Å². The van der Waals surface area contributed by atoms with E-state index in [1.807, 2.05) is 0 Å². The normalized spacial score (nSPS) is 22.2. The van der Waals surface area contributed by atoms with Crippen LogP contribution in [0.4, 0.5) is 5.69 Å². The lowest BCUT2D eigenvalue weighted by Crippen LogP contribution is -2.36. The van der Waals surface area contributed by atoms with Gasteiger partial charge in [0.1, 0.15) is 4.47 Å². The Hall–Kier alpha value is -1.43. The Morgan fingerprint density at radius 3 is 2.79 bits per heavy atom. The quantitative estimate of drug-likeness (QED) is 0.684. The van der Waals surface area contributed by atoms with Crippen LogP contribution in [0.5, 0.6) is 0 Å². The summed E-state index contributed by atoms with van der Waals surface area (Å²) in [6.07, 6.45) is 3.20. The molecule has 1 aromatic carbocycles. The molecule has 0 aliphatic heterocycles. The average molecular weight is 327 g/mol. The molecule has 102 valence electrons. The van der Waals surface area contributed by atoms with E-state index in [-0.39, 0.29) is 22.1 Å². The maximum absolute atomic E-state index is 12.2. The van der Waals surface area contributed by atoms with Crippen molar-refractivity contribution in [3.05, 3.63) is 38.3 Å². The molecular weight excluding hydrogens is 312 g/mol. The SMILES string of the molecule is CC1CCCC1NC(=O)c1cccc([N+](=O)[O-])c1Br. The number of nitro groups is 1. The molecule has 1 aliphatic carbocycles. The van der Waals surface area contributed by atoms with Gasteiger partial charge >= 0.3 is 0 Å². The first-order chi connectivity index (χ1) is 9.00. The van der Waals surface area contributed by atoms with Crippen LogP contribution in [-0.2, 0) is 0 Å². The maximum atomic E-state index is 12.2. The average Bonchev–Trinajstić information content (AvgIpc) is 2.74. The third kappa shape index (κ3) is 2.94. The Morgan fingerprint density at radius 2 is 2.21 bits per heavy atom. The van der Waals surface area contributed by atoms with E-state index in [0.29, 0.717) is 11.5 Å². The fourth-order valence-electron chi connectivity index (χ4n) is 2.44. The zero-order valence-corrected chi connectivity index (χ0v) is 12.1. The first-order valence-electron chi connectivity index (χ1n) is 6.24. The van der Waals surface area contributed by atoms with Crippen molar-refractivity contribution in [3.8, 4) is 0 Å². The van der Waals surface area contributed by atoms with Crippen molar-refractivity contribution in [2.24, 2.45) is 5.92 Å². The zero-order valence-electron chi connectivity index (χ0n) is 10.6. The first kappa shape index (κ1) is 14.0. The minimum atomic E-state index is -0.501. The summed E-state index contributed by atoms with van der Waals surface area (Å²) in [6.45, 7) is 2.11. The van der Waals surface area contributed by atoms with Crippen LogP contribution in [0.1, 0.15) is 36.5 Å². The lowest BCUT2D eigenvalue weighted by Gasteiger charge is -2.17. The summed E-state index contributed by atoms with van der Waals surface area (Å²) in [4.78, 5) is 22.5. The summed E-state index contributed by atoms with van der Waals surface area (Å²) in [7, 11) is 0. The number of carbonyl (C=O) groups excluding carboxylic acids is 1. The van der Waals surface area contributed by atoms with Gasteiger partial charge in [0, 0.05) is 12.1 Å². The highest BCUT2D eigenvalue weighted by molar-refractivity contribution is 9.10. The molecule has 0 aromatic heterocycles. The van der Waals surface area contributed by atoms with Gasteiger partial charge in [-0.3, -0.25) is 14.9 Å². The number of halogens is 1. The van der Waals surface area contributed by atoms with Crippen LogP contribution in [0, 0.1) is 16.0 Å². The standard InChI is InChI=1S/C13H15BrN2O3/c1-8-4-2-6-10(8)15-13(17)9-5-3-7-11(12(9)14)16(18)19/h3,5,7-8,10H,2,4,6H2,1H3,(H,15,17). The molecule has 19 heavy (non-hydrogen) atoms. The summed E-state index contributed by atoms with van der Waals surface area (Å²) < 4.78 is 0.239. The van der Waals surface area contributed by atoms with Crippen LogP contribution >= 0.6 is 15.9 Å². The minimum Gasteiger partial charge on any atom is -0.349 e. The molecule has 1 N–H and O–H groups in total. The number of carbonyl (C=O) groups is 1. The van der Waals surface area contributed by atoms with Crippen LogP contribution in [-0.4, -0.2) is 16.9 Å². The molecular formula is C13H15BrN2O3. The Morgan fingerprint density at radius 1 is 1.47 bits per heavy atom. The summed E-state index contributed by atoms with van der Waals surface area (Å²) in [6, 6.07) is 4.65. The van der Waals surface area contributed by atoms with E-state index < -0.39 is 4.92 Å². The van der Waals surface area contributed by atoms with Gasteiger partial charge in [0.2, 0.25) is 0 Å². The van der Waals surface area contributed by atoms with E-state index in [4.69, 9.17) is 0 Å². The Balaban J connectivity index is 2.19. The zero-order chi connectivity index (χ0) is 14.0. The number of nitro benzene ring substituents is 1. The predicted octanol–water partition coefficient (Wildman–Crippen LogP) is 3.28. The number of nitrogens with one attached hydrogen (secondary N) is 1. The fraction of sp³-hybridized carbons (Fsp3) is 0.462. The van der Waals surface area contributed by atoms with E-state index in [1.54, 1.807) is 6.07 Å². The van der Waals surface area contributed by atoms with Gasteiger partial charge in [0.05, 0.1) is 10.5 Å². The molecule has 1 amide bonds. The van der Waals surface area contributed by atoms with Gasteiger partial charge in [-0.05, 0) is 40.8 Å². The number of nitrogens with zero attached hydrogens (tertiary/aromatic N) is 1. The topological polar surface area (TPSA) is 72.2 Å². The second-order valence-corrected chi connectivity index (χ2v) is 5.68. The van der Waals surface area contributed by atoms with Gasteiger partial charge in [-0.15, -0.1) is 0 Å². The summed E-state index contributed by atoms with van der Waals surface area (Å²) >= 11 is 3.14. The molecule has 0 saturated heterocycles. The van der Waals surface area contributed by atoms with E-state index in [0.717, 1.165) is 19.3 Å². The van der Waals surface area contributed by atoms with Gasteiger partial charge < -0.3 is 5.32 Å². The van der Waals surface area contributed by atoms with Crippen molar-refractivity contribution >= 4 is 27.5 Å². The van der Waals surface area contributed by atoms with E-state index in [2.05, 4.69) is 28.2 Å². The Labute approximate surface area is 119 Å². The third-order valence-electron chi connectivity index (χ3n) is 3.60. The highest BCUT2D eigenvalue weighted by Gasteiger charge is 2.27. The number of benzene rings is 1. The lowest BCUT2D eigenvalue weighted by molar-refractivity contribution is -0.385. The monoisotopic (exact) mass is 326 g/mol. The van der Waals surface area contributed by atoms with Gasteiger partial charge in [0.15, 0.2) is 0 Å². The second-order valence-electron chi connectivity index (χ2n) is 4.88. The Kier molecular flexibility index (Phi) is 4.19. The Bertz CT molecular complexity index is 519. The van der Waals surface area contributed by atoms with Crippen molar-refractivity contribution in [1.82, 2.24) is 5.32 Å². The largest absolute Gasteiger partial charge is 0.349 e. The number of hydrogen-bond acceptors (Lipinski definition) is 3. The predicted molar refractivity (Wildman–Crippen MR) is 75.1 cm³/mol. The van der Waals surface area contributed by atoms with E-state index in [9.17, 15) is 14.9 Å². The maximum Gasteiger partial charge on any atom is 0.284 e. The van der Waals surface area contributed by atoms with E-state index >= 15 is 0 Å². The van der Waals surface area contributed by atoms with E-state index in [1.165, 1.54) is 12.1 Å². The van der Waals surface area contributed by atoms with Crippen LogP contribution in [0.25, 0.3) is 0 Å². The van der Waals surface area contributed by atoms with Crippen molar-refractivity contribution in [2.45, 2.75) is 32.2 Å². The summed E-state index contributed by atoms with van der Waals surface area (Å²) in [5.74, 6) is 0.204. The third-order valence-corrected chi connectivity index (χ3v) is 4.43. The van der Waals surface area contributed by atoms with Crippen molar-refractivity contribution in [1.29, 1.82) is 0 Å². The molecule has 0 radical (unpaired) electrons. The van der Waals surface area contributed by atoms with Crippen molar-refractivity contribution < 1.29 is 9.72 Å². The molecule has 6 heteroatoms.